The van der Waals surface area contributed by atoms with Crippen molar-refractivity contribution in [1.82, 2.24) is 10.2 Å². The van der Waals surface area contributed by atoms with Crippen LogP contribution in [0.3, 0.4) is 0 Å². The van der Waals surface area contributed by atoms with E-state index in [0.717, 1.165) is 17.8 Å². The summed E-state index contributed by atoms with van der Waals surface area (Å²) in [4.78, 5) is 21.2. The van der Waals surface area contributed by atoms with Crippen LogP contribution in [0.4, 0.5) is 5.13 Å². The lowest BCUT2D eigenvalue weighted by atomic mass is 10.4. The maximum absolute atomic E-state index is 10.8. The second-order valence-corrected chi connectivity index (χ2v) is 3.63. The van der Waals surface area contributed by atoms with Crippen LogP contribution in [-0.4, -0.2) is 22.0 Å². The fourth-order valence-electron chi connectivity index (χ4n) is 0.778. The lowest BCUT2D eigenvalue weighted by molar-refractivity contribution is -0.134. The minimum Gasteiger partial charge on any atom is -0.361 e. The fraction of sp³-hybridized carbons (Fsp3) is 0.429. The molecule has 0 unspecified atom stereocenters. The van der Waals surface area contributed by atoms with Crippen LogP contribution in [0.5, 0.6) is 0 Å². The molecule has 1 aromatic heterocycles. The minimum atomic E-state index is -1.03. The Kier molecular flexibility index (Phi) is 3.52. The van der Waals surface area contributed by atoms with Crippen LogP contribution >= 0.6 is 11.3 Å². The molecule has 0 atom stereocenters. The van der Waals surface area contributed by atoms with Crippen molar-refractivity contribution >= 4 is 28.3 Å². The van der Waals surface area contributed by atoms with Gasteiger partial charge in [-0.3, -0.25) is 14.9 Å². The predicted octanol–water partition coefficient (Wildman–Crippen LogP) is -0.0856. The van der Waals surface area contributed by atoms with E-state index in [-0.39, 0.29) is 0 Å². The van der Waals surface area contributed by atoms with Crippen molar-refractivity contribution in [2.75, 3.05) is 5.32 Å². The van der Waals surface area contributed by atoms with Gasteiger partial charge in [-0.2, -0.15) is 0 Å². The van der Waals surface area contributed by atoms with Crippen molar-refractivity contribution < 1.29 is 9.59 Å². The smallest absolute Gasteiger partial charge is 0.315 e. The van der Waals surface area contributed by atoms with E-state index in [2.05, 4.69) is 15.5 Å². The molecule has 6 nitrogen and oxygen atoms in total. The van der Waals surface area contributed by atoms with Gasteiger partial charge in [0.15, 0.2) is 0 Å². The summed E-state index contributed by atoms with van der Waals surface area (Å²) >= 11 is 1.24. The topological polar surface area (TPSA) is 98.0 Å². The van der Waals surface area contributed by atoms with Gasteiger partial charge in [-0.05, 0) is 6.42 Å². The normalized spacial score (nSPS) is 9.79. The Morgan fingerprint density at radius 3 is 2.79 bits per heavy atom. The molecule has 0 bridgehead atoms. The average molecular weight is 214 g/mol. The first kappa shape index (κ1) is 10.6. The summed E-state index contributed by atoms with van der Waals surface area (Å²) in [5, 5.41) is 10.9. The zero-order valence-electron chi connectivity index (χ0n) is 7.61. The highest BCUT2D eigenvalue weighted by Crippen LogP contribution is 2.15. The Hall–Kier alpha value is -1.50. The van der Waals surface area contributed by atoms with Crippen molar-refractivity contribution in [2.45, 2.75) is 19.8 Å². The Bertz CT molecular complexity index is 349. The number of nitrogens with two attached hydrogens (primary N) is 1. The number of carbonyl (C=O) groups excluding carboxylic acids is 2. The molecule has 0 aromatic carbocycles. The van der Waals surface area contributed by atoms with Gasteiger partial charge < -0.3 is 5.73 Å². The summed E-state index contributed by atoms with van der Waals surface area (Å²) in [5.74, 6) is -1.90. The third-order valence-electron chi connectivity index (χ3n) is 1.37. The molecule has 0 aliphatic rings. The minimum absolute atomic E-state index is 0.303. The van der Waals surface area contributed by atoms with Gasteiger partial charge in [0.25, 0.3) is 0 Å². The quantitative estimate of drug-likeness (QED) is 0.687. The highest BCUT2D eigenvalue weighted by molar-refractivity contribution is 7.15. The monoisotopic (exact) mass is 214 g/mol. The first-order valence-electron chi connectivity index (χ1n) is 4.06. The molecule has 0 radical (unpaired) electrons. The molecule has 14 heavy (non-hydrogen) atoms. The zero-order valence-corrected chi connectivity index (χ0v) is 8.43. The fourth-order valence-corrected chi connectivity index (χ4v) is 1.61. The van der Waals surface area contributed by atoms with Gasteiger partial charge in [0.2, 0.25) is 5.13 Å². The van der Waals surface area contributed by atoms with Crippen molar-refractivity contribution in [3.63, 3.8) is 0 Å². The number of nitrogens with zero attached hydrogens (tertiary/aromatic N) is 2. The number of aromatic nitrogens is 2. The molecule has 0 aliphatic heterocycles. The number of primary amides is 1. The van der Waals surface area contributed by atoms with Crippen LogP contribution < -0.4 is 11.1 Å². The maximum atomic E-state index is 10.8. The molecule has 0 spiro atoms. The van der Waals surface area contributed by atoms with Crippen molar-refractivity contribution in [2.24, 2.45) is 5.73 Å². The van der Waals surface area contributed by atoms with Gasteiger partial charge in [0.05, 0.1) is 0 Å². The van der Waals surface area contributed by atoms with Crippen LogP contribution in [0, 0.1) is 0 Å². The van der Waals surface area contributed by atoms with Gasteiger partial charge >= 0.3 is 11.8 Å². The number of hydrogen-bond donors (Lipinski definition) is 2. The summed E-state index contributed by atoms with van der Waals surface area (Å²) in [6.45, 7) is 2.02. The number of anilines is 1. The molecule has 7 heteroatoms. The number of hydrogen-bond acceptors (Lipinski definition) is 5. The molecule has 3 N–H and O–H groups in total. The Morgan fingerprint density at radius 2 is 2.21 bits per heavy atom. The van der Waals surface area contributed by atoms with Gasteiger partial charge in [-0.25, -0.2) is 0 Å². The molecule has 0 saturated heterocycles. The number of nitrogens with one attached hydrogen (secondary N) is 1. The summed E-state index contributed by atoms with van der Waals surface area (Å²) in [7, 11) is 0. The zero-order chi connectivity index (χ0) is 10.6. The third-order valence-corrected chi connectivity index (χ3v) is 2.27. The molecule has 0 aliphatic carbocycles. The molecule has 1 heterocycles. The molecule has 0 saturated carbocycles. The standard InChI is InChI=1S/C7H10N4O2S/c1-2-3-4-10-11-7(14-4)9-6(13)5(8)12/h2-3H2,1H3,(H2,8,12)(H,9,11,13). The Labute approximate surface area is 84.5 Å². The Morgan fingerprint density at radius 1 is 1.50 bits per heavy atom. The van der Waals surface area contributed by atoms with Gasteiger partial charge in [-0.15, -0.1) is 10.2 Å². The summed E-state index contributed by atoms with van der Waals surface area (Å²) < 4.78 is 0. The molecular formula is C7H10N4O2S. The molecule has 2 amide bonds. The van der Waals surface area contributed by atoms with E-state index in [4.69, 9.17) is 5.73 Å². The van der Waals surface area contributed by atoms with Crippen molar-refractivity contribution in [3.8, 4) is 0 Å². The lowest BCUT2D eigenvalue weighted by Gasteiger charge is -1.93. The van der Waals surface area contributed by atoms with Crippen LogP contribution in [-0.2, 0) is 16.0 Å². The summed E-state index contributed by atoms with van der Waals surface area (Å²) in [6, 6.07) is 0. The van der Waals surface area contributed by atoms with E-state index in [1.54, 1.807) is 0 Å². The molecular weight excluding hydrogens is 204 g/mol. The number of aryl methyl sites for hydroxylation is 1. The first-order valence-corrected chi connectivity index (χ1v) is 4.88. The van der Waals surface area contributed by atoms with E-state index in [9.17, 15) is 9.59 Å². The second-order valence-electron chi connectivity index (χ2n) is 2.57. The Balaban J connectivity index is 2.59. The first-order chi connectivity index (χ1) is 6.63. The van der Waals surface area contributed by atoms with Crippen molar-refractivity contribution in [1.29, 1.82) is 0 Å². The van der Waals surface area contributed by atoms with Gasteiger partial charge in [0.1, 0.15) is 5.01 Å². The molecule has 1 aromatic rings. The maximum Gasteiger partial charge on any atom is 0.315 e. The largest absolute Gasteiger partial charge is 0.361 e. The average Bonchev–Trinajstić information content (AvgIpc) is 2.53. The van der Waals surface area contributed by atoms with Gasteiger partial charge in [-0.1, -0.05) is 18.3 Å². The van der Waals surface area contributed by atoms with E-state index >= 15 is 0 Å². The molecule has 0 fully saturated rings. The van der Waals surface area contributed by atoms with Crippen LogP contribution in [0.15, 0.2) is 0 Å². The van der Waals surface area contributed by atoms with Crippen LogP contribution in [0.1, 0.15) is 18.4 Å². The second kappa shape index (κ2) is 4.66. The van der Waals surface area contributed by atoms with Crippen molar-refractivity contribution in [3.05, 3.63) is 5.01 Å². The van der Waals surface area contributed by atoms with E-state index in [1.165, 1.54) is 11.3 Å². The highest BCUT2D eigenvalue weighted by atomic mass is 32.1. The lowest BCUT2D eigenvalue weighted by Crippen LogP contribution is -2.29. The van der Waals surface area contributed by atoms with E-state index in [1.807, 2.05) is 6.92 Å². The SMILES string of the molecule is CCCc1nnc(NC(=O)C(N)=O)s1. The molecule has 76 valence electrons. The van der Waals surface area contributed by atoms with Crippen LogP contribution in [0.2, 0.25) is 0 Å². The van der Waals surface area contributed by atoms with Crippen LogP contribution in [0.25, 0.3) is 0 Å². The van der Waals surface area contributed by atoms with E-state index in [0.29, 0.717) is 5.13 Å². The van der Waals surface area contributed by atoms with Gasteiger partial charge in [0, 0.05) is 6.42 Å². The third kappa shape index (κ3) is 2.77. The number of rotatable bonds is 3. The highest BCUT2D eigenvalue weighted by Gasteiger charge is 2.11. The number of amides is 2. The summed E-state index contributed by atoms with van der Waals surface area (Å²) in [6.07, 6.45) is 1.77. The van der Waals surface area contributed by atoms with E-state index < -0.39 is 11.8 Å². The molecule has 1 rings (SSSR count). The summed E-state index contributed by atoms with van der Waals surface area (Å²) in [5.41, 5.74) is 4.75. The predicted molar refractivity (Wildman–Crippen MR) is 51.7 cm³/mol. The number of carbonyl (C=O) groups is 2.